The maximum absolute atomic E-state index is 12.7. The minimum atomic E-state index is -0.379. The molecule has 0 bridgehead atoms. The molecule has 5 rings (SSSR count). The summed E-state index contributed by atoms with van der Waals surface area (Å²) >= 11 is 0. The molecule has 1 amide bonds. The van der Waals surface area contributed by atoms with Crippen molar-refractivity contribution in [2.24, 2.45) is 0 Å². The zero-order chi connectivity index (χ0) is 22.9. The second-order valence-electron chi connectivity index (χ2n) is 7.83. The summed E-state index contributed by atoms with van der Waals surface area (Å²) in [4.78, 5) is 26.5. The lowest BCUT2D eigenvalue weighted by Crippen LogP contribution is -2.27. The van der Waals surface area contributed by atoms with Crippen LogP contribution in [0.2, 0.25) is 0 Å². The van der Waals surface area contributed by atoms with Crippen molar-refractivity contribution in [3.63, 3.8) is 0 Å². The van der Waals surface area contributed by atoms with E-state index in [0.717, 1.165) is 11.3 Å². The van der Waals surface area contributed by atoms with Crippen molar-refractivity contribution >= 4 is 22.6 Å². The van der Waals surface area contributed by atoms with Crippen LogP contribution in [0.4, 0.5) is 5.82 Å². The number of hydrogen-bond acceptors (Lipinski definition) is 6. The van der Waals surface area contributed by atoms with E-state index in [-0.39, 0.29) is 23.3 Å². The van der Waals surface area contributed by atoms with Crippen molar-refractivity contribution in [1.82, 2.24) is 24.9 Å². The van der Waals surface area contributed by atoms with Crippen molar-refractivity contribution in [2.75, 3.05) is 18.8 Å². The van der Waals surface area contributed by atoms with Crippen molar-refractivity contribution in [2.45, 2.75) is 12.5 Å². The molecule has 0 radical (unpaired) electrons. The summed E-state index contributed by atoms with van der Waals surface area (Å²) in [7, 11) is 0. The smallest absolute Gasteiger partial charge is 0.290 e. The molecule has 166 valence electrons. The van der Waals surface area contributed by atoms with Crippen LogP contribution in [0.1, 0.15) is 12.5 Å². The van der Waals surface area contributed by atoms with Gasteiger partial charge >= 0.3 is 0 Å². The van der Waals surface area contributed by atoms with E-state index in [1.54, 1.807) is 9.58 Å². The number of nitrogens with one attached hydrogen (secondary N) is 1. The highest BCUT2D eigenvalue weighted by molar-refractivity contribution is 5.99. The first kappa shape index (κ1) is 20.5. The number of amides is 1. The van der Waals surface area contributed by atoms with E-state index in [0.29, 0.717) is 41.9 Å². The van der Waals surface area contributed by atoms with Crippen molar-refractivity contribution in [3.8, 4) is 22.8 Å². The standard InChI is InChI=1S/C24H22N6O3/c1-2-19(31)29-13-12-16(14-29)30-22-20(23(25)26-27-24(22)32)21(28-30)15-8-10-18(11-9-15)33-17-6-4-3-5-7-17/h2-11,16H,1,12-14H2,(H2,25,26)(H,27,32). The Morgan fingerprint density at radius 2 is 1.88 bits per heavy atom. The van der Waals surface area contributed by atoms with Gasteiger partial charge in [0.2, 0.25) is 5.91 Å². The molecule has 33 heavy (non-hydrogen) atoms. The molecule has 1 saturated heterocycles. The molecule has 2 aromatic carbocycles. The third-order valence-corrected chi connectivity index (χ3v) is 5.76. The maximum atomic E-state index is 12.7. The molecule has 1 unspecified atom stereocenters. The molecule has 4 aromatic rings. The molecule has 1 aliphatic rings. The van der Waals surface area contributed by atoms with Gasteiger partial charge in [-0.1, -0.05) is 24.8 Å². The molecule has 9 heteroatoms. The Morgan fingerprint density at radius 1 is 1.15 bits per heavy atom. The Kier molecular flexibility index (Phi) is 5.14. The first-order valence-corrected chi connectivity index (χ1v) is 10.6. The summed E-state index contributed by atoms with van der Waals surface area (Å²) in [6, 6.07) is 16.7. The number of carbonyl (C=O) groups excluding carboxylic acids is 1. The predicted octanol–water partition coefficient (Wildman–Crippen LogP) is 3.12. The zero-order valence-electron chi connectivity index (χ0n) is 17.8. The number of hydrogen-bond donors (Lipinski definition) is 2. The number of aromatic amines is 1. The Bertz CT molecular complexity index is 1390. The van der Waals surface area contributed by atoms with Gasteiger partial charge < -0.3 is 15.4 Å². The van der Waals surface area contributed by atoms with Gasteiger partial charge in [-0.05, 0) is 48.9 Å². The van der Waals surface area contributed by atoms with Crippen LogP contribution in [0.15, 0.2) is 72.0 Å². The minimum absolute atomic E-state index is 0.140. The van der Waals surface area contributed by atoms with Crippen LogP contribution < -0.4 is 16.0 Å². The predicted molar refractivity (Wildman–Crippen MR) is 125 cm³/mol. The highest BCUT2D eigenvalue weighted by atomic mass is 16.5. The first-order chi connectivity index (χ1) is 16.0. The van der Waals surface area contributed by atoms with Gasteiger partial charge in [0.15, 0.2) is 5.82 Å². The van der Waals surface area contributed by atoms with E-state index in [9.17, 15) is 9.59 Å². The van der Waals surface area contributed by atoms with Gasteiger partial charge in [-0.25, -0.2) is 5.10 Å². The number of nitrogens with zero attached hydrogens (tertiary/aromatic N) is 4. The highest BCUT2D eigenvalue weighted by Crippen LogP contribution is 2.34. The van der Waals surface area contributed by atoms with Gasteiger partial charge in [0.1, 0.15) is 22.7 Å². The van der Waals surface area contributed by atoms with E-state index in [1.807, 2.05) is 54.6 Å². The summed E-state index contributed by atoms with van der Waals surface area (Å²) in [5.41, 5.74) is 7.47. The summed E-state index contributed by atoms with van der Waals surface area (Å²) < 4.78 is 7.54. The first-order valence-electron chi connectivity index (χ1n) is 10.6. The lowest BCUT2D eigenvalue weighted by molar-refractivity contribution is -0.125. The molecule has 0 spiro atoms. The number of nitrogens with two attached hydrogens (primary N) is 1. The average Bonchev–Trinajstić information content (AvgIpc) is 3.48. The average molecular weight is 442 g/mol. The summed E-state index contributed by atoms with van der Waals surface area (Å²) in [6.07, 6.45) is 1.96. The second kappa shape index (κ2) is 8.27. The summed E-state index contributed by atoms with van der Waals surface area (Å²) in [6.45, 7) is 4.55. The molecule has 0 aliphatic carbocycles. The minimum Gasteiger partial charge on any atom is -0.457 e. The molecular formula is C24H22N6O3. The third kappa shape index (κ3) is 3.73. The van der Waals surface area contributed by atoms with Crippen LogP contribution in [-0.4, -0.2) is 43.9 Å². The van der Waals surface area contributed by atoms with Crippen molar-refractivity contribution in [3.05, 3.63) is 77.6 Å². The maximum Gasteiger partial charge on any atom is 0.290 e. The van der Waals surface area contributed by atoms with Crippen LogP contribution in [-0.2, 0) is 4.79 Å². The van der Waals surface area contributed by atoms with Crippen LogP contribution in [0.5, 0.6) is 11.5 Å². The zero-order valence-corrected chi connectivity index (χ0v) is 17.8. The number of likely N-dealkylation sites (tertiary alicyclic amines) is 1. The fraction of sp³-hybridized carbons (Fsp3) is 0.167. The van der Waals surface area contributed by atoms with E-state index >= 15 is 0 Å². The lowest BCUT2D eigenvalue weighted by atomic mass is 10.1. The van der Waals surface area contributed by atoms with Crippen LogP contribution in [0.25, 0.3) is 22.2 Å². The molecule has 1 atom stereocenters. The fourth-order valence-corrected chi connectivity index (χ4v) is 4.16. The molecule has 0 saturated carbocycles. The summed E-state index contributed by atoms with van der Waals surface area (Å²) in [5, 5.41) is 11.7. The Morgan fingerprint density at radius 3 is 2.61 bits per heavy atom. The SMILES string of the molecule is C=CC(=O)N1CCC(n2nc(-c3ccc(Oc4ccccc4)cc3)c3c(N)n[nH]c(=O)c32)C1. The van der Waals surface area contributed by atoms with Gasteiger partial charge in [-0.3, -0.25) is 14.3 Å². The van der Waals surface area contributed by atoms with Crippen molar-refractivity contribution < 1.29 is 9.53 Å². The number of para-hydroxylation sites is 1. The van der Waals surface area contributed by atoms with Gasteiger partial charge in [0, 0.05) is 18.7 Å². The number of benzene rings is 2. The second-order valence-corrected chi connectivity index (χ2v) is 7.83. The molecule has 1 fully saturated rings. The highest BCUT2D eigenvalue weighted by Gasteiger charge is 2.30. The molecule has 3 N–H and O–H groups in total. The van der Waals surface area contributed by atoms with Crippen LogP contribution in [0, 0.1) is 0 Å². The van der Waals surface area contributed by atoms with Crippen LogP contribution in [0.3, 0.4) is 0 Å². The van der Waals surface area contributed by atoms with E-state index in [4.69, 9.17) is 15.6 Å². The number of rotatable bonds is 5. The van der Waals surface area contributed by atoms with Crippen LogP contribution >= 0.6 is 0 Å². The Hall–Kier alpha value is -4.40. The molecule has 9 nitrogen and oxygen atoms in total. The van der Waals surface area contributed by atoms with Gasteiger partial charge in [-0.15, -0.1) is 0 Å². The molecular weight excluding hydrogens is 420 g/mol. The Labute approximate surface area is 189 Å². The number of fused-ring (bicyclic) bond motifs is 1. The van der Waals surface area contributed by atoms with E-state index < -0.39 is 0 Å². The number of anilines is 1. The Balaban J connectivity index is 1.54. The lowest BCUT2D eigenvalue weighted by Gasteiger charge is -2.14. The molecule has 2 aromatic heterocycles. The quantitative estimate of drug-likeness (QED) is 0.459. The normalized spacial score (nSPS) is 15.6. The van der Waals surface area contributed by atoms with Gasteiger partial charge in [0.05, 0.1) is 11.4 Å². The largest absolute Gasteiger partial charge is 0.457 e. The topological polar surface area (TPSA) is 119 Å². The third-order valence-electron chi connectivity index (χ3n) is 5.76. The van der Waals surface area contributed by atoms with E-state index in [2.05, 4.69) is 16.8 Å². The van der Waals surface area contributed by atoms with Gasteiger partial charge in [0.25, 0.3) is 5.56 Å². The number of nitrogen functional groups attached to an aromatic ring is 1. The fourth-order valence-electron chi connectivity index (χ4n) is 4.16. The number of aromatic nitrogens is 4. The number of carbonyl (C=O) groups is 1. The van der Waals surface area contributed by atoms with Gasteiger partial charge in [-0.2, -0.15) is 10.2 Å². The number of ether oxygens (including phenoxy) is 1. The molecule has 1 aliphatic heterocycles. The molecule has 3 heterocycles. The van der Waals surface area contributed by atoms with Crippen molar-refractivity contribution in [1.29, 1.82) is 0 Å². The number of H-pyrrole nitrogens is 1. The monoisotopic (exact) mass is 442 g/mol. The summed E-state index contributed by atoms with van der Waals surface area (Å²) in [5.74, 6) is 1.46. The van der Waals surface area contributed by atoms with E-state index in [1.165, 1.54) is 6.08 Å².